The van der Waals surface area contributed by atoms with Gasteiger partial charge in [0.15, 0.2) is 17.2 Å². The molecule has 0 aliphatic heterocycles. The van der Waals surface area contributed by atoms with Gasteiger partial charge in [-0.1, -0.05) is 54.1 Å². The van der Waals surface area contributed by atoms with Gasteiger partial charge in [0.1, 0.15) is 12.3 Å². The molecule has 1 amide bonds. The van der Waals surface area contributed by atoms with Crippen molar-refractivity contribution in [2.24, 2.45) is 0 Å². The van der Waals surface area contributed by atoms with Gasteiger partial charge in [-0.3, -0.25) is 9.10 Å². The third-order valence-electron chi connectivity index (χ3n) is 5.48. The highest BCUT2D eigenvalue weighted by molar-refractivity contribution is 7.92. The number of rotatable bonds is 10. The Labute approximate surface area is 226 Å². The number of anilines is 2. The van der Waals surface area contributed by atoms with E-state index in [1.54, 1.807) is 78.9 Å². The molecule has 4 aromatic carbocycles. The number of methoxy groups -OCH3 is 2. The highest BCUT2D eigenvalue weighted by Crippen LogP contribution is 2.37. The van der Waals surface area contributed by atoms with Gasteiger partial charge in [0.2, 0.25) is 5.91 Å². The second-order valence-corrected chi connectivity index (χ2v) is 10.2. The second-order valence-electron chi connectivity index (χ2n) is 7.94. The number of amides is 1. The van der Waals surface area contributed by atoms with Gasteiger partial charge >= 0.3 is 0 Å². The van der Waals surface area contributed by atoms with E-state index in [0.29, 0.717) is 28.0 Å². The number of hydrogen-bond donors (Lipinski definition) is 1. The Morgan fingerprint density at radius 2 is 1.39 bits per heavy atom. The maximum Gasteiger partial charge on any atom is 0.264 e. The van der Waals surface area contributed by atoms with E-state index in [0.717, 1.165) is 4.31 Å². The quantitative estimate of drug-likeness (QED) is 0.260. The average Bonchev–Trinajstić information content (AvgIpc) is 2.94. The first-order valence-corrected chi connectivity index (χ1v) is 13.3. The standard InChI is InChI=1S/C28H25ClN2O6S/c1-35-25-13-7-6-12-23(25)31(38(33,34)21-10-4-3-5-11-21)19-28(32)30-22-18-20(29)16-17-24(22)37-27-15-9-8-14-26(27)36-2/h3-18H,19H2,1-2H3,(H,30,32). The number of carbonyl (C=O) groups is 1. The molecular formula is C28H25ClN2O6S. The number of halogens is 1. The fourth-order valence-corrected chi connectivity index (χ4v) is 5.31. The summed E-state index contributed by atoms with van der Waals surface area (Å²) in [6.45, 7) is -0.543. The van der Waals surface area contributed by atoms with Crippen molar-refractivity contribution in [3.05, 3.63) is 102 Å². The Morgan fingerprint density at radius 1 is 0.789 bits per heavy atom. The maximum atomic E-state index is 13.7. The lowest BCUT2D eigenvalue weighted by atomic mass is 10.2. The molecule has 0 atom stereocenters. The van der Waals surface area contributed by atoms with Gasteiger partial charge in [0.25, 0.3) is 10.0 Å². The highest BCUT2D eigenvalue weighted by Gasteiger charge is 2.29. The third-order valence-corrected chi connectivity index (χ3v) is 7.49. The topological polar surface area (TPSA) is 94.2 Å². The maximum absolute atomic E-state index is 13.7. The number of ether oxygens (including phenoxy) is 3. The molecule has 196 valence electrons. The number of nitrogens with zero attached hydrogens (tertiary/aromatic N) is 1. The fraction of sp³-hybridized carbons (Fsp3) is 0.107. The summed E-state index contributed by atoms with van der Waals surface area (Å²) in [5, 5.41) is 3.09. The van der Waals surface area contributed by atoms with Crippen LogP contribution in [0.1, 0.15) is 0 Å². The Bertz CT molecular complexity index is 1530. The summed E-state index contributed by atoms with van der Waals surface area (Å²) in [5.41, 5.74) is 0.469. The Morgan fingerprint density at radius 3 is 2.08 bits per heavy atom. The number of para-hydroxylation sites is 4. The molecule has 0 heterocycles. The van der Waals surface area contributed by atoms with Crippen LogP contribution in [-0.4, -0.2) is 35.1 Å². The van der Waals surface area contributed by atoms with Crippen LogP contribution in [0.5, 0.6) is 23.0 Å². The van der Waals surface area contributed by atoms with Crippen molar-refractivity contribution >= 4 is 38.9 Å². The zero-order valence-electron chi connectivity index (χ0n) is 20.6. The zero-order valence-corrected chi connectivity index (χ0v) is 22.2. The van der Waals surface area contributed by atoms with E-state index in [1.165, 1.54) is 32.4 Å². The van der Waals surface area contributed by atoms with E-state index < -0.39 is 22.5 Å². The number of nitrogens with one attached hydrogen (secondary N) is 1. The highest BCUT2D eigenvalue weighted by atomic mass is 35.5. The van der Waals surface area contributed by atoms with Crippen molar-refractivity contribution < 1.29 is 27.4 Å². The first-order valence-electron chi connectivity index (χ1n) is 11.4. The average molecular weight is 553 g/mol. The third kappa shape index (κ3) is 6.01. The van der Waals surface area contributed by atoms with Crippen LogP contribution >= 0.6 is 11.6 Å². The van der Waals surface area contributed by atoms with E-state index in [2.05, 4.69) is 5.32 Å². The Balaban J connectivity index is 1.67. The van der Waals surface area contributed by atoms with Gasteiger partial charge in [-0.15, -0.1) is 0 Å². The van der Waals surface area contributed by atoms with Crippen LogP contribution in [0.25, 0.3) is 0 Å². The minimum atomic E-state index is -4.13. The molecule has 0 radical (unpaired) electrons. The van der Waals surface area contributed by atoms with Gasteiger partial charge < -0.3 is 19.5 Å². The van der Waals surface area contributed by atoms with Crippen molar-refractivity contribution in [2.75, 3.05) is 30.4 Å². The summed E-state index contributed by atoms with van der Waals surface area (Å²) in [5.74, 6) is 0.887. The van der Waals surface area contributed by atoms with Crippen LogP contribution in [0.4, 0.5) is 11.4 Å². The Kier molecular flexibility index (Phi) is 8.40. The molecule has 0 saturated heterocycles. The molecule has 0 aliphatic rings. The first-order chi connectivity index (χ1) is 18.3. The molecule has 0 bridgehead atoms. The van der Waals surface area contributed by atoms with Crippen LogP contribution in [-0.2, 0) is 14.8 Å². The number of benzene rings is 4. The van der Waals surface area contributed by atoms with E-state index in [-0.39, 0.29) is 16.3 Å². The van der Waals surface area contributed by atoms with Crippen LogP contribution in [0.3, 0.4) is 0 Å². The molecule has 1 N–H and O–H groups in total. The first kappa shape index (κ1) is 26.8. The molecule has 0 fully saturated rings. The van der Waals surface area contributed by atoms with Crippen molar-refractivity contribution in [2.45, 2.75) is 4.90 Å². The summed E-state index contributed by atoms with van der Waals surface area (Å²) in [6.07, 6.45) is 0. The molecular weight excluding hydrogens is 528 g/mol. The lowest BCUT2D eigenvalue weighted by Gasteiger charge is -2.25. The predicted molar refractivity (Wildman–Crippen MR) is 147 cm³/mol. The van der Waals surface area contributed by atoms with Crippen LogP contribution < -0.4 is 23.8 Å². The number of sulfonamides is 1. The fourth-order valence-electron chi connectivity index (χ4n) is 3.69. The molecule has 0 aliphatic carbocycles. The number of hydrogen-bond acceptors (Lipinski definition) is 6. The zero-order chi connectivity index (χ0) is 27.1. The van der Waals surface area contributed by atoms with Crippen LogP contribution in [0, 0.1) is 0 Å². The van der Waals surface area contributed by atoms with E-state index in [4.69, 9.17) is 25.8 Å². The van der Waals surface area contributed by atoms with Gasteiger partial charge in [-0.2, -0.15) is 0 Å². The summed E-state index contributed by atoms with van der Waals surface area (Å²) in [4.78, 5) is 13.4. The van der Waals surface area contributed by atoms with E-state index >= 15 is 0 Å². The molecule has 4 rings (SSSR count). The van der Waals surface area contributed by atoms with Crippen LogP contribution in [0.15, 0.2) is 102 Å². The molecule has 0 unspecified atom stereocenters. The number of carbonyl (C=O) groups excluding carboxylic acids is 1. The lowest BCUT2D eigenvalue weighted by molar-refractivity contribution is -0.114. The van der Waals surface area contributed by atoms with Gasteiger partial charge in [-0.25, -0.2) is 8.42 Å². The van der Waals surface area contributed by atoms with E-state index in [1.807, 2.05) is 0 Å². The minimum Gasteiger partial charge on any atom is -0.495 e. The monoisotopic (exact) mass is 552 g/mol. The van der Waals surface area contributed by atoms with Crippen LogP contribution in [0.2, 0.25) is 5.02 Å². The predicted octanol–water partition coefficient (Wildman–Crippen LogP) is 5.98. The normalized spacial score (nSPS) is 10.9. The minimum absolute atomic E-state index is 0.0293. The smallest absolute Gasteiger partial charge is 0.264 e. The van der Waals surface area contributed by atoms with Gasteiger partial charge in [0.05, 0.1) is 30.5 Å². The van der Waals surface area contributed by atoms with Crippen molar-refractivity contribution in [1.82, 2.24) is 0 Å². The van der Waals surface area contributed by atoms with E-state index in [9.17, 15) is 13.2 Å². The summed E-state index contributed by atoms with van der Waals surface area (Å²) in [6, 6.07) is 26.2. The Hall–Kier alpha value is -4.21. The summed E-state index contributed by atoms with van der Waals surface area (Å²) < 4.78 is 45.0. The molecule has 4 aromatic rings. The molecule has 0 saturated carbocycles. The molecule has 38 heavy (non-hydrogen) atoms. The second kappa shape index (κ2) is 11.9. The van der Waals surface area contributed by atoms with Gasteiger partial charge in [-0.05, 0) is 54.6 Å². The largest absolute Gasteiger partial charge is 0.495 e. The van der Waals surface area contributed by atoms with Crippen molar-refractivity contribution in [3.63, 3.8) is 0 Å². The molecule has 0 spiro atoms. The van der Waals surface area contributed by atoms with Crippen molar-refractivity contribution in [3.8, 4) is 23.0 Å². The molecule has 8 nitrogen and oxygen atoms in total. The molecule has 10 heteroatoms. The van der Waals surface area contributed by atoms with Gasteiger partial charge in [0, 0.05) is 5.02 Å². The SMILES string of the molecule is COc1ccccc1Oc1ccc(Cl)cc1NC(=O)CN(c1ccccc1OC)S(=O)(=O)c1ccccc1. The summed E-state index contributed by atoms with van der Waals surface area (Å²) >= 11 is 6.20. The van der Waals surface area contributed by atoms with Crippen molar-refractivity contribution in [1.29, 1.82) is 0 Å². The lowest BCUT2D eigenvalue weighted by Crippen LogP contribution is -2.38. The molecule has 0 aromatic heterocycles. The summed E-state index contributed by atoms with van der Waals surface area (Å²) in [7, 11) is -1.18.